The van der Waals surface area contributed by atoms with E-state index in [9.17, 15) is 4.79 Å². The standard InChI is InChI=1S/C11H16O2.H2O/c12-11(13)10-8-2-6-1-7(4-8)5-9(10)3-6;/h6-10H,1-5H2,(H,12,13);1H2. The zero-order valence-electron chi connectivity index (χ0n) is 8.28. The summed E-state index contributed by atoms with van der Waals surface area (Å²) in [4.78, 5) is 11.1. The fourth-order valence-electron chi connectivity index (χ4n) is 4.33. The fourth-order valence-corrected chi connectivity index (χ4v) is 4.33. The van der Waals surface area contributed by atoms with Gasteiger partial charge in [-0.05, 0) is 55.8 Å². The predicted molar refractivity (Wildman–Crippen MR) is 51.8 cm³/mol. The molecule has 0 spiro atoms. The monoisotopic (exact) mass is 198 g/mol. The van der Waals surface area contributed by atoms with Gasteiger partial charge in [0.15, 0.2) is 0 Å². The van der Waals surface area contributed by atoms with E-state index in [0.717, 1.165) is 11.8 Å². The van der Waals surface area contributed by atoms with E-state index in [0.29, 0.717) is 11.8 Å². The molecule has 4 aliphatic rings. The van der Waals surface area contributed by atoms with E-state index in [1.165, 1.54) is 32.1 Å². The highest BCUT2D eigenvalue weighted by Crippen LogP contribution is 2.56. The molecule has 4 saturated carbocycles. The smallest absolute Gasteiger partial charge is 0.307 e. The maximum absolute atomic E-state index is 11.1. The number of carboxylic acid groups (broad SMARTS) is 1. The van der Waals surface area contributed by atoms with Gasteiger partial charge in [0.05, 0.1) is 5.92 Å². The molecule has 0 aromatic rings. The summed E-state index contributed by atoms with van der Waals surface area (Å²) in [5.41, 5.74) is 0. The van der Waals surface area contributed by atoms with Crippen molar-refractivity contribution in [2.75, 3.05) is 0 Å². The average molecular weight is 198 g/mol. The Morgan fingerprint density at radius 3 is 1.71 bits per heavy atom. The van der Waals surface area contributed by atoms with Gasteiger partial charge in [-0.2, -0.15) is 0 Å². The summed E-state index contributed by atoms with van der Waals surface area (Å²) in [6.45, 7) is 0. The number of carboxylic acids is 1. The molecule has 0 radical (unpaired) electrons. The van der Waals surface area contributed by atoms with Gasteiger partial charge in [0.2, 0.25) is 0 Å². The van der Waals surface area contributed by atoms with Crippen LogP contribution in [0.15, 0.2) is 0 Å². The lowest BCUT2D eigenvalue weighted by Crippen LogP contribution is -2.47. The van der Waals surface area contributed by atoms with Crippen LogP contribution in [0.3, 0.4) is 0 Å². The minimum Gasteiger partial charge on any atom is -0.481 e. The number of aliphatic carboxylic acids is 1. The van der Waals surface area contributed by atoms with Crippen LogP contribution in [-0.4, -0.2) is 16.6 Å². The molecule has 3 heteroatoms. The third kappa shape index (κ3) is 1.26. The molecule has 4 bridgehead atoms. The third-order valence-electron chi connectivity index (χ3n) is 4.51. The Balaban J connectivity index is 0.000000750. The quantitative estimate of drug-likeness (QED) is 0.690. The van der Waals surface area contributed by atoms with Crippen molar-refractivity contribution in [3.05, 3.63) is 0 Å². The molecule has 0 aromatic carbocycles. The van der Waals surface area contributed by atoms with Crippen molar-refractivity contribution in [1.82, 2.24) is 0 Å². The summed E-state index contributed by atoms with van der Waals surface area (Å²) in [6, 6.07) is 0. The van der Waals surface area contributed by atoms with Gasteiger partial charge in [-0.1, -0.05) is 0 Å². The minimum atomic E-state index is -0.520. The van der Waals surface area contributed by atoms with Crippen molar-refractivity contribution >= 4 is 5.97 Å². The third-order valence-corrected chi connectivity index (χ3v) is 4.51. The van der Waals surface area contributed by atoms with Crippen LogP contribution in [0.1, 0.15) is 32.1 Å². The number of hydrogen-bond acceptors (Lipinski definition) is 1. The van der Waals surface area contributed by atoms with Crippen LogP contribution in [0.5, 0.6) is 0 Å². The van der Waals surface area contributed by atoms with Crippen molar-refractivity contribution in [2.45, 2.75) is 32.1 Å². The summed E-state index contributed by atoms with van der Waals surface area (Å²) in [7, 11) is 0. The van der Waals surface area contributed by atoms with Crippen molar-refractivity contribution < 1.29 is 15.4 Å². The van der Waals surface area contributed by atoms with Crippen molar-refractivity contribution in [3.63, 3.8) is 0 Å². The van der Waals surface area contributed by atoms with Crippen LogP contribution in [0.2, 0.25) is 0 Å². The second-order valence-electron chi connectivity index (χ2n) is 5.29. The van der Waals surface area contributed by atoms with Gasteiger partial charge < -0.3 is 10.6 Å². The lowest BCUT2D eigenvalue weighted by Gasteiger charge is -2.52. The lowest BCUT2D eigenvalue weighted by molar-refractivity contribution is -0.155. The SMILES string of the molecule is O.O=C(O)C1C2CC3CC(C2)CC1C3. The Labute approximate surface area is 83.8 Å². The lowest BCUT2D eigenvalue weighted by atomic mass is 9.52. The van der Waals surface area contributed by atoms with Crippen LogP contribution in [-0.2, 0) is 4.79 Å². The predicted octanol–water partition coefficient (Wildman–Crippen LogP) is 1.32. The minimum absolute atomic E-state index is 0. The van der Waals surface area contributed by atoms with Gasteiger partial charge in [0, 0.05) is 0 Å². The van der Waals surface area contributed by atoms with Crippen LogP contribution in [0.4, 0.5) is 0 Å². The van der Waals surface area contributed by atoms with E-state index in [2.05, 4.69) is 0 Å². The van der Waals surface area contributed by atoms with Gasteiger partial charge in [0.1, 0.15) is 0 Å². The van der Waals surface area contributed by atoms with Crippen LogP contribution in [0.25, 0.3) is 0 Å². The molecule has 0 unspecified atom stereocenters. The van der Waals surface area contributed by atoms with Crippen molar-refractivity contribution in [3.8, 4) is 0 Å². The number of rotatable bonds is 1. The summed E-state index contributed by atoms with van der Waals surface area (Å²) >= 11 is 0. The molecule has 4 rings (SSSR count). The zero-order valence-corrected chi connectivity index (χ0v) is 8.28. The first-order valence-electron chi connectivity index (χ1n) is 5.47. The van der Waals surface area contributed by atoms with Crippen LogP contribution < -0.4 is 0 Å². The van der Waals surface area contributed by atoms with Gasteiger partial charge in [-0.3, -0.25) is 4.79 Å². The molecule has 4 fully saturated rings. The first kappa shape index (κ1) is 9.97. The highest BCUT2D eigenvalue weighted by atomic mass is 16.4. The molecule has 0 amide bonds. The summed E-state index contributed by atoms with van der Waals surface area (Å²) in [6.07, 6.45) is 6.25. The summed E-state index contributed by atoms with van der Waals surface area (Å²) < 4.78 is 0. The Morgan fingerprint density at radius 2 is 1.36 bits per heavy atom. The van der Waals surface area contributed by atoms with E-state index in [1.54, 1.807) is 0 Å². The highest BCUT2D eigenvalue weighted by molar-refractivity contribution is 5.71. The topological polar surface area (TPSA) is 68.8 Å². The molecule has 0 atom stereocenters. The molecule has 0 aliphatic heterocycles. The first-order valence-corrected chi connectivity index (χ1v) is 5.47. The molecule has 0 heterocycles. The maximum atomic E-state index is 11.1. The average Bonchev–Trinajstić information content (AvgIpc) is 2.00. The van der Waals surface area contributed by atoms with E-state index < -0.39 is 5.97 Å². The van der Waals surface area contributed by atoms with Crippen LogP contribution in [0, 0.1) is 29.6 Å². The van der Waals surface area contributed by atoms with Gasteiger partial charge >= 0.3 is 5.97 Å². The second-order valence-corrected chi connectivity index (χ2v) is 5.29. The van der Waals surface area contributed by atoms with Crippen molar-refractivity contribution in [2.24, 2.45) is 29.6 Å². The molecule has 14 heavy (non-hydrogen) atoms. The van der Waals surface area contributed by atoms with E-state index in [4.69, 9.17) is 5.11 Å². The molecule has 3 N–H and O–H groups in total. The Hall–Kier alpha value is -0.570. The Kier molecular flexibility index (Phi) is 2.30. The Bertz CT molecular complexity index is 221. The van der Waals surface area contributed by atoms with E-state index in [-0.39, 0.29) is 11.4 Å². The molecule has 0 saturated heterocycles. The van der Waals surface area contributed by atoms with E-state index >= 15 is 0 Å². The Morgan fingerprint density at radius 1 is 0.929 bits per heavy atom. The highest BCUT2D eigenvalue weighted by Gasteiger charge is 2.50. The summed E-state index contributed by atoms with van der Waals surface area (Å²) in [5, 5.41) is 9.15. The maximum Gasteiger partial charge on any atom is 0.307 e. The normalized spacial score (nSPS) is 48.7. The molecule has 4 aliphatic carbocycles. The fraction of sp³-hybridized carbons (Fsp3) is 0.909. The van der Waals surface area contributed by atoms with Gasteiger partial charge in [-0.25, -0.2) is 0 Å². The zero-order chi connectivity index (χ0) is 9.00. The first-order chi connectivity index (χ1) is 6.24. The van der Waals surface area contributed by atoms with Crippen LogP contribution >= 0.6 is 0 Å². The largest absolute Gasteiger partial charge is 0.481 e. The summed E-state index contributed by atoms with van der Waals surface area (Å²) in [5.74, 6) is 2.35. The molecule has 3 nitrogen and oxygen atoms in total. The van der Waals surface area contributed by atoms with Gasteiger partial charge in [0.25, 0.3) is 0 Å². The van der Waals surface area contributed by atoms with Crippen molar-refractivity contribution in [1.29, 1.82) is 0 Å². The molecule has 80 valence electrons. The van der Waals surface area contributed by atoms with Gasteiger partial charge in [-0.15, -0.1) is 0 Å². The molecular formula is C11H18O3. The molecule has 0 aromatic heterocycles. The van der Waals surface area contributed by atoms with E-state index in [1.807, 2.05) is 0 Å². The second kappa shape index (κ2) is 3.23. The molecular weight excluding hydrogens is 180 g/mol. The number of carbonyl (C=O) groups is 1. The number of hydrogen-bond donors (Lipinski definition) is 1.